The molecule has 0 aliphatic rings. The molecule has 1 unspecified atom stereocenters. The molecule has 0 aliphatic heterocycles. The molecule has 0 aromatic heterocycles. The second-order valence-corrected chi connectivity index (χ2v) is 4.09. The monoisotopic (exact) mass is 207 g/mol. The van der Waals surface area contributed by atoms with Gasteiger partial charge in [0.2, 0.25) is 0 Å². The van der Waals surface area contributed by atoms with Gasteiger partial charge in [-0.05, 0) is 5.56 Å². The molecule has 0 amide bonds. The standard InChI is InChI=1S/C12H17NO2/c1-12(2,10(13)11(14)15-3)9-7-5-4-6-8-9/h4-8,10H,13H2,1-3H3. The van der Waals surface area contributed by atoms with Crippen molar-refractivity contribution in [1.82, 2.24) is 0 Å². The topological polar surface area (TPSA) is 52.3 Å². The molecule has 3 heteroatoms. The lowest BCUT2D eigenvalue weighted by Crippen LogP contribution is -2.47. The van der Waals surface area contributed by atoms with Gasteiger partial charge in [-0.2, -0.15) is 0 Å². The Hall–Kier alpha value is -1.35. The highest BCUT2D eigenvalue weighted by Crippen LogP contribution is 2.26. The third kappa shape index (κ3) is 2.36. The maximum Gasteiger partial charge on any atom is 0.323 e. The second-order valence-electron chi connectivity index (χ2n) is 4.09. The molecule has 1 rings (SSSR count). The first kappa shape index (κ1) is 11.7. The lowest BCUT2D eigenvalue weighted by molar-refractivity contribution is -0.143. The molecule has 0 bridgehead atoms. The van der Waals surface area contributed by atoms with Gasteiger partial charge in [0.1, 0.15) is 6.04 Å². The van der Waals surface area contributed by atoms with Crippen molar-refractivity contribution >= 4 is 5.97 Å². The number of ether oxygens (including phenoxy) is 1. The number of hydrogen-bond donors (Lipinski definition) is 1. The molecule has 1 aromatic rings. The van der Waals surface area contributed by atoms with Gasteiger partial charge in [0.25, 0.3) is 0 Å². The van der Waals surface area contributed by atoms with Gasteiger partial charge in [-0.15, -0.1) is 0 Å². The summed E-state index contributed by atoms with van der Waals surface area (Å²) in [5.74, 6) is -0.385. The van der Waals surface area contributed by atoms with Crippen molar-refractivity contribution in [3.63, 3.8) is 0 Å². The van der Waals surface area contributed by atoms with Crippen LogP contribution in [-0.2, 0) is 14.9 Å². The lowest BCUT2D eigenvalue weighted by Gasteiger charge is -2.30. The first-order valence-corrected chi connectivity index (χ1v) is 4.89. The molecule has 2 N–H and O–H groups in total. The predicted octanol–water partition coefficient (Wildman–Crippen LogP) is 1.46. The first-order chi connectivity index (χ1) is 7.00. The molecule has 0 spiro atoms. The normalized spacial score (nSPS) is 13.3. The number of nitrogens with two attached hydrogens (primary N) is 1. The molecule has 0 radical (unpaired) electrons. The fraction of sp³-hybridized carbons (Fsp3) is 0.417. The van der Waals surface area contributed by atoms with Gasteiger partial charge >= 0.3 is 5.97 Å². The maximum absolute atomic E-state index is 11.4. The third-order valence-electron chi connectivity index (χ3n) is 2.75. The molecular formula is C12H17NO2. The highest BCUT2D eigenvalue weighted by molar-refractivity contribution is 5.77. The zero-order chi connectivity index (χ0) is 11.5. The van der Waals surface area contributed by atoms with Crippen LogP contribution in [0.4, 0.5) is 0 Å². The van der Waals surface area contributed by atoms with Crippen LogP contribution in [0.1, 0.15) is 19.4 Å². The van der Waals surface area contributed by atoms with Crippen molar-refractivity contribution in [1.29, 1.82) is 0 Å². The minimum atomic E-state index is -0.648. The van der Waals surface area contributed by atoms with Crippen LogP contribution in [0.3, 0.4) is 0 Å². The predicted molar refractivity (Wildman–Crippen MR) is 59.5 cm³/mol. The van der Waals surface area contributed by atoms with Gasteiger partial charge in [0.15, 0.2) is 0 Å². The number of methoxy groups -OCH3 is 1. The summed E-state index contributed by atoms with van der Waals surface area (Å²) in [4.78, 5) is 11.4. The Morgan fingerprint density at radius 1 is 1.33 bits per heavy atom. The number of rotatable bonds is 3. The zero-order valence-corrected chi connectivity index (χ0v) is 9.36. The lowest BCUT2D eigenvalue weighted by atomic mass is 9.78. The van der Waals surface area contributed by atoms with Crippen molar-refractivity contribution in [2.24, 2.45) is 5.73 Å². The average molecular weight is 207 g/mol. The Bertz CT molecular complexity index is 333. The van der Waals surface area contributed by atoms with Crippen LogP contribution in [-0.4, -0.2) is 19.1 Å². The van der Waals surface area contributed by atoms with E-state index in [9.17, 15) is 4.79 Å². The summed E-state index contributed by atoms with van der Waals surface area (Å²) in [6.45, 7) is 3.87. The minimum absolute atomic E-state index is 0.385. The zero-order valence-electron chi connectivity index (χ0n) is 9.36. The van der Waals surface area contributed by atoms with E-state index in [1.807, 2.05) is 44.2 Å². The van der Waals surface area contributed by atoms with Crippen molar-refractivity contribution in [2.45, 2.75) is 25.3 Å². The van der Waals surface area contributed by atoms with E-state index in [0.717, 1.165) is 5.56 Å². The summed E-state index contributed by atoms with van der Waals surface area (Å²) in [5.41, 5.74) is 6.47. The number of hydrogen-bond acceptors (Lipinski definition) is 3. The Labute approximate surface area is 90.2 Å². The summed E-state index contributed by atoms with van der Waals surface area (Å²) in [5, 5.41) is 0. The van der Waals surface area contributed by atoms with Crippen LogP contribution >= 0.6 is 0 Å². The third-order valence-corrected chi connectivity index (χ3v) is 2.75. The molecule has 1 aromatic carbocycles. The Morgan fingerprint density at radius 2 is 1.87 bits per heavy atom. The highest BCUT2D eigenvalue weighted by atomic mass is 16.5. The molecule has 0 saturated carbocycles. The minimum Gasteiger partial charge on any atom is -0.468 e. The molecular weight excluding hydrogens is 190 g/mol. The van der Waals surface area contributed by atoms with Crippen molar-refractivity contribution in [3.8, 4) is 0 Å². The first-order valence-electron chi connectivity index (χ1n) is 4.89. The molecule has 0 saturated heterocycles. The van der Waals surface area contributed by atoms with E-state index in [1.165, 1.54) is 7.11 Å². The summed E-state index contributed by atoms with van der Waals surface area (Å²) in [6, 6.07) is 9.07. The number of benzene rings is 1. The van der Waals surface area contributed by atoms with Gasteiger partial charge in [-0.1, -0.05) is 44.2 Å². The molecule has 15 heavy (non-hydrogen) atoms. The molecule has 0 heterocycles. The summed E-state index contributed by atoms with van der Waals surface area (Å²) < 4.78 is 4.66. The number of esters is 1. The quantitative estimate of drug-likeness (QED) is 0.763. The van der Waals surface area contributed by atoms with Crippen molar-refractivity contribution < 1.29 is 9.53 Å². The van der Waals surface area contributed by atoms with Crippen molar-refractivity contribution in [3.05, 3.63) is 35.9 Å². The molecule has 82 valence electrons. The Morgan fingerprint density at radius 3 is 2.33 bits per heavy atom. The van der Waals surface area contributed by atoms with Gasteiger partial charge in [0.05, 0.1) is 7.11 Å². The Kier molecular flexibility index (Phi) is 3.48. The van der Waals surface area contributed by atoms with E-state index < -0.39 is 11.5 Å². The molecule has 0 aliphatic carbocycles. The summed E-state index contributed by atoms with van der Waals surface area (Å²) in [6.07, 6.45) is 0. The van der Waals surface area contributed by atoms with Gasteiger partial charge < -0.3 is 10.5 Å². The van der Waals surface area contributed by atoms with E-state index >= 15 is 0 Å². The smallest absolute Gasteiger partial charge is 0.323 e. The highest BCUT2D eigenvalue weighted by Gasteiger charge is 2.34. The van der Waals surface area contributed by atoms with Gasteiger partial charge in [-0.25, -0.2) is 0 Å². The number of carbonyl (C=O) groups excluding carboxylic acids is 1. The summed E-state index contributed by atoms with van der Waals surface area (Å²) in [7, 11) is 1.35. The van der Waals surface area contributed by atoms with Gasteiger partial charge in [-0.3, -0.25) is 4.79 Å². The van der Waals surface area contributed by atoms with Crippen LogP contribution in [0.15, 0.2) is 30.3 Å². The fourth-order valence-electron chi connectivity index (χ4n) is 1.47. The van der Waals surface area contributed by atoms with Crippen LogP contribution in [0.25, 0.3) is 0 Å². The Balaban J connectivity index is 2.97. The van der Waals surface area contributed by atoms with Crippen LogP contribution in [0.2, 0.25) is 0 Å². The van der Waals surface area contributed by atoms with Crippen LogP contribution in [0, 0.1) is 0 Å². The van der Waals surface area contributed by atoms with E-state index in [2.05, 4.69) is 4.74 Å². The number of carbonyl (C=O) groups is 1. The second kappa shape index (κ2) is 4.45. The molecule has 3 nitrogen and oxygen atoms in total. The van der Waals surface area contributed by atoms with E-state index in [1.54, 1.807) is 0 Å². The molecule has 1 atom stereocenters. The van der Waals surface area contributed by atoms with Crippen LogP contribution < -0.4 is 5.73 Å². The summed E-state index contributed by atoms with van der Waals surface area (Å²) >= 11 is 0. The fourth-order valence-corrected chi connectivity index (χ4v) is 1.47. The largest absolute Gasteiger partial charge is 0.468 e. The van der Waals surface area contributed by atoms with Crippen molar-refractivity contribution in [2.75, 3.05) is 7.11 Å². The van der Waals surface area contributed by atoms with Crippen LogP contribution in [0.5, 0.6) is 0 Å². The molecule has 0 fully saturated rings. The van der Waals surface area contributed by atoms with E-state index in [-0.39, 0.29) is 5.97 Å². The van der Waals surface area contributed by atoms with E-state index in [0.29, 0.717) is 0 Å². The SMILES string of the molecule is COC(=O)C(N)C(C)(C)c1ccccc1. The van der Waals surface area contributed by atoms with Gasteiger partial charge in [0, 0.05) is 5.41 Å². The maximum atomic E-state index is 11.4. The average Bonchev–Trinajstić information content (AvgIpc) is 2.28. The van der Waals surface area contributed by atoms with E-state index in [4.69, 9.17) is 5.73 Å².